The lowest BCUT2D eigenvalue weighted by molar-refractivity contribution is -0.136. The molecule has 0 bridgehead atoms. The number of benzene rings is 3. The molecule has 0 aromatic heterocycles. The quantitative estimate of drug-likeness (QED) is 0.418. The van der Waals surface area contributed by atoms with Gasteiger partial charge in [-0.25, -0.2) is 0 Å². The van der Waals surface area contributed by atoms with Crippen molar-refractivity contribution in [3.63, 3.8) is 0 Å². The molecule has 0 spiro atoms. The zero-order chi connectivity index (χ0) is 23.0. The van der Waals surface area contributed by atoms with E-state index in [4.69, 9.17) is 5.73 Å². The third-order valence-electron chi connectivity index (χ3n) is 5.69. The standard InChI is InChI=1S/C27H30N2O3/c1-2-3-18-27(28,26(32)29-19-20-14-16-23(30)17-15-20)25(31)24(21-10-6-4-7-11-21)22-12-8-5-9-13-22/h4-17,24,30H,2-3,18-19,28H2,1H3,(H,29,32)/t27-/m1/s1. The van der Waals surface area contributed by atoms with Gasteiger partial charge in [0, 0.05) is 6.54 Å². The number of hydrogen-bond acceptors (Lipinski definition) is 4. The first kappa shape index (κ1) is 23.2. The Bertz CT molecular complexity index is 980. The van der Waals surface area contributed by atoms with Crippen molar-refractivity contribution >= 4 is 11.7 Å². The van der Waals surface area contributed by atoms with Crippen molar-refractivity contribution in [2.45, 2.75) is 44.2 Å². The Balaban J connectivity index is 1.92. The van der Waals surface area contributed by atoms with Crippen molar-refractivity contribution in [1.82, 2.24) is 5.32 Å². The van der Waals surface area contributed by atoms with Gasteiger partial charge in [-0.3, -0.25) is 9.59 Å². The fraction of sp³-hybridized carbons (Fsp3) is 0.259. The summed E-state index contributed by atoms with van der Waals surface area (Å²) in [5, 5.41) is 12.3. The highest BCUT2D eigenvalue weighted by molar-refractivity contribution is 6.13. The summed E-state index contributed by atoms with van der Waals surface area (Å²) in [6, 6.07) is 25.4. The number of nitrogens with one attached hydrogen (secondary N) is 1. The van der Waals surface area contributed by atoms with E-state index < -0.39 is 17.4 Å². The number of carbonyl (C=O) groups is 2. The Morgan fingerprint density at radius 3 is 1.94 bits per heavy atom. The minimum Gasteiger partial charge on any atom is -0.508 e. The van der Waals surface area contributed by atoms with E-state index in [2.05, 4.69) is 5.32 Å². The van der Waals surface area contributed by atoms with E-state index in [0.717, 1.165) is 23.1 Å². The van der Waals surface area contributed by atoms with Crippen molar-refractivity contribution in [3.05, 3.63) is 102 Å². The smallest absolute Gasteiger partial charge is 0.248 e. The lowest BCUT2D eigenvalue weighted by Gasteiger charge is -2.31. The lowest BCUT2D eigenvalue weighted by Crippen LogP contribution is -2.60. The number of phenolic OH excluding ortho intramolecular Hbond substituents is 1. The van der Waals surface area contributed by atoms with E-state index in [0.29, 0.717) is 6.42 Å². The Labute approximate surface area is 189 Å². The van der Waals surface area contributed by atoms with Crippen LogP contribution < -0.4 is 11.1 Å². The first-order chi connectivity index (χ1) is 15.5. The normalized spacial score (nSPS) is 12.8. The van der Waals surface area contributed by atoms with Crippen molar-refractivity contribution in [3.8, 4) is 5.75 Å². The third-order valence-corrected chi connectivity index (χ3v) is 5.69. The second-order valence-corrected chi connectivity index (χ2v) is 8.04. The maximum Gasteiger partial charge on any atom is 0.248 e. The maximum absolute atomic E-state index is 14.0. The van der Waals surface area contributed by atoms with Crippen molar-refractivity contribution < 1.29 is 14.7 Å². The van der Waals surface area contributed by atoms with Crippen LogP contribution in [0, 0.1) is 0 Å². The molecule has 0 aliphatic heterocycles. The molecule has 0 radical (unpaired) electrons. The van der Waals surface area contributed by atoms with Gasteiger partial charge >= 0.3 is 0 Å². The lowest BCUT2D eigenvalue weighted by atomic mass is 9.76. The molecule has 0 heterocycles. The summed E-state index contributed by atoms with van der Waals surface area (Å²) < 4.78 is 0. The van der Waals surface area contributed by atoms with E-state index in [9.17, 15) is 14.7 Å². The summed E-state index contributed by atoms with van der Waals surface area (Å²) in [5.74, 6) is -1.29. The molecule has 0 unspecified atom stereocenters. The molecular weight excluding hydrogens is 400 g/mol. The van der Waals surface area contributed by atoms with E-state index in [-0.39, 0.29) is 24.5 Å². The number of phenols is 1. The van der Waals surface area contributed by atoms with E-state index in [1.807, 2.05) is 67.6 Å². The van der Waals surface area contributed by atoms with Gasteiger partial charge in [0.1, 0.15) is 5.75 Å². The van der Waals surface area contributed by atoms with E-state index in [1.54, 1.807) is 24.3 Å². The van der Waals surface area contributed by atoms with Gasteiger partial charge in [-0.15, -0.1) is 0 Å². The van der Waals surface area contributed by atoms with Crippen molar-refractivity contribution in [2.75, 3.05) is 0 Å². The summed E-state index contributed by atoms with van der Waals surface area (Å²) in [6.07, 6.45) is 1.74. The summed E-state index contributed by atoms with van der Waals surface area (Å²) in [4.78, 5) is 27.3. The number of rotatable bonds is 10. The average molecular weight is 431 g/mol. The van der Waals surface area contributed by atoms with Gasteiger partial charge in [0.2, 0.25) is 5.91 Å². The molecule has 0 fully saturated rings. The molecule has 3 aromatic carbocycles. The van der Waals surface area contributed by atoms with Crippen LogP contribution in [-0.2, 0) is 16.1 Å². The number of ketones is 1. The highest BCUT2D eigenvalue weighted by atomic mass is 16.3. The molecule has 5 heteroatoms. The van der Waals surface area contributed by atoms with E-state index >= 15 is 0 Å². The van der Waals surface area contributed by atoms with Gasteiger partial charge in [-0.1, -0.05) is 92.6 Å². The van der Waals surface area contributed by atoms with Crippen LogP contribution in [0.5, 0.6) is 5.75 Å². The highest BCUT2D eigenvalue weighted by Gasteiger charge is 2.45. The minimum atomic E-state index is -1.66. The van der Waals surface area contributed by atoms with Crippen LogP contribution in [-0.4, -0.2) is 22.3 Å². The minimum absolute atomic E-state index is 0.153. The Kier molecular flexibility index (Phi) is 7.79. The van der Waals surface area contributed by atoms with Crippen LogP contribution in [0.15, 0.2) is 84.9 Å². The number of aromatic hydroxyl groups is 1. The Morgan fingerprint density at radius 1 is 0.906 bits per heavy atom. The Hall–Kier alpha value is -3.44. The molecule has 3 aromatic rings. The highest BCUT2D eigenvalue weighted by Crippen LogP contribution is 2.31. The molecule has 32 heavy (non-hydrogen) atoms. The van der Waals surface area contributed by atoms with Crippen LogP contribution >= 0.6 is 0 Å². The SMILES string of the molecule is CCCC[C@](N)(C(=O)NCc1ccc(O)cc1)C(=O)C(c1ccccc1)c1ccccc1. The molecule has 166 valence electrons. The molecule has 0 aliphatic carbocycles. The fourth-order valence-electron chi connectivity index (χ4n) is 3.80. The van der Waals surface area contributed by atoms with Gasteiger partial charge in [0.15, 0.2) is 11.3 Å². The van der Waals surface area contributed by atoms with Crippen LogP contribution in [0.2, 0.25) is 0 Å². The largest absolute Gasteiger partial charge is 0.508 e. The number of unbranched alkanes of at least 4 members (excludes halogenated alkanes) is 1. The number of carbonyl (C=O) groups excluding carboxylic acids is 2. The second kappa shape index (κ2) is 10.7. The molecule has 3 rings (SSSR count). The summed E-state index contributed by atoms with van der Waals surface area (Å²) in [6.45, 7) is 2.23. The fourth-order valence-corrected chi connectivity index (χ4v) is 3.80. The van der Waals surface area contributed by atoms with Crippen LogP contribution in [0.1, 0.15) is 48.8 Å². The van der Waals surface area contributed by atoms with Crippen molar-refractivity contribution in [1.29, 1.82) is 0 Å². The van der Waals surface area contributed by atoms with Crippen molar-refractivity contribution in [2.24, 2.45) is 5.73 Å². The van der Waals surface area contributed by atoms with Gasteiger partial charge in [0.05, 0.1) is 5.92 Å². The first-order valence-electron chi connectivity index (χ1n) is 10.9. The molecule has 0 saturated heterocycles. The van der Waals surface area contributed by atoms with Crippen LogP contribution in [0.4, 0.5) is 0 Å². The number of amides is 1. The Morgan fingerprint density at radius 2 is 1.44 bits per heavy atom. The van der Waals surface area contributed by atoms with Gasteiger partial charge < -0.3 is 16.2 Å². The third kappa shape index (κ3) is 5.42. The molecule has 0 aliphatic rings. The first-order valence-corrected chi connectivity index (χ1v) is 10.9. The van der Waals surface area contributed by atoms with E-state index in [1.165, 1.54) is 0 Å². The zero-order valence-electron chi connectivity index (χ0n) is 18.3. The van der Waals surface area contributed by atoms with Gasteiger partial charge in [-0.2, -0.15) is 0 Å². The van der Waals surface area contributed by atoms with Crippen LogP contribution in [0.25, 0.3) is 0 Å². The number of Topliss-reactive ketones (excluding diaryl/α,β-unsaturated/α-hetero) is 1. The number of nitrogens with two attached hydrogens (primary N) is 1. The predicted octanol–water partition coefficient (Wildman–Crippen LogP) is 4.30. The molecule has 5 nitrogen and oxygen atoms in total. The van der Waals surface area contributed by atoms with Gasteiger partial charge in [-0.05, 0) is 35.2 Å². The molecular formula is C27H30N2O3. The summed E-state index contributed by atoms with van der Waals surface area (Å²) >= 11 is 0. The molecule has 0 saturated carbocycles. The summed E-state index contributed by atoms with van der Waals surface area (Å²) in [7, 11) is 0. The topological polar surface area (TPSA) is 92.4 Å². The monoisotopic (exact) mass is 430 g/mol. The molecule has 4 N–H and O–H groups in total. The summed E-state index contributed by atoms with van der Waals surface area (Å²) in [5.41, 5.74) is 7.39. The van der Waals surface area contributed by atoms with Crippen LogP contribution in [0.3, 0.4) is 0 Å². The average Bonchev–Trinajstić information content (AvgIpc) is 2.83. The second-order valence-electron chi connectivity index (χ2n) is 8.04. The predicted molar refractivity (Wildman–Crippen MR) is 126 cm³/mol. The molecule has 1 atom stereocenters. The maximum atomic E-state index is 14.0. The molecule has 1 amide bonds. The zero-order valence-corrected chi connectivity index (χ0v) is 18.3. The van der Waals surface area contributed by atoms with Gasteiger partial charge in [0.25, 0.3) is 0 Å². The number of hydrogen-bond donors (Lipinski definition) is 3.